The van der Waals surface area contributed by atoms with Crippen LogP contribution in [0.1, 0.15) is 27.8 Å². The van der Waals surface area contributed by atoms with Gasteiger partial charge in [0.1, 0.15) is 0 Å². The second-order valence-electron chi connectivity index (χ2n) is 16.8. The van der Waals surface area contributed by atoms with Crippen molar-refractivity contribution in [3.8, 4) is 22.3 Å². The Morgan fingerprint density at radius 2 is 0.770 bits per heavy atom. The van der Waals surface area contributed by atoms with E-state index in [1.54, 1.807) is 0 Å². The highest BCUT2D eigenvalue weighted by atomic mass is 15.2. The highest BCUT2D eigenvalue weighted by Gasteiger charge is 2.27. The first-order valence-electron chi connectivity index (χ1n) is 21.7. The van der Waals surface area contributed by atoms with Gasteiger partial charge in [0.15, 0.2) is 0 Å². The van der Waals surface area contributed by atoms with Gasteiger partial charge in [-0.05, 0) is 158 Å². The van der Waals surface area contributed by atoms with Gasteiger partial charge in [-0.1, -0.05) is 157 Å². The monoisotopic (exact) mass is 780 g/mol. The lowest BCUT2D eigenvalue weighted by atomic mass is 9.84. The Morgan fingerprint density at radius 3 is 1.31 bits per heavy atom. The minimum absolute atomic E-state index is 1.01. The van der Waals surface area contributed by atoms with Crippen molar-refractivity contribution in [2.45, 2.75) is 32.6 Å². The zero-order valence-electron chi connectivity index (χ0n) is 34.3. The van der Waals surface area contributed by atoms with E-state index in [-0.39, 0.29) is 0 Å². The van der Waals surface area contributed by atoms with Crippen LogP contribution in [-0.2, 0) is 25.7 Å². The van der Waals surface area contributed by atoms with Crippen molar-refractivity contribution >= 4 is 66.4 Å². The number of fused-ring (bicyclic) bond motifs is 7. The van der Waals surface area contributed by atoms with E-state index in [1.807, 2.05) is 0 Å². The molecule has 0 radical (unpaired) electrons. The molecule has 2 aliphatic rings. The van der Waals surface area contributed by atoms with Gasteiger partial charge in [0.2, 0.25) is 0 Å². The topological polar surface area (TPSA) is 6.48 Å². The standard InChI is InChI=1S/C59H44N2/c1-39-14-12-21-45(36-39)58-50-34-32-47(61-56-26-10-5-18-43(56)30-31-44-19-6-11-27-57(44)61)38-53(50)59(49-23-13-20-40-15-2-7-22-48(40)49)51-35-33-46(37-52(51)58)60-54-24-8-3-16-41(54)28-29-42-17-4-9-25-55(42)60/h2-27,32-38H,28-31H2,1H3. The van der Waals surface area contributed by atoms with Crippen LogP contribution < -0.4 is 9.80 Å². The molecule has 0 amide bonds. The maximum absolute atomic E-state index is 2.51. The summed E-state index contributed by atoms with van der Waals surface area (Å²) >= 11 is 0. The summed E-state index contributed by atoms with van der Waals surface area (Å²) in [5.41, 5.74) is 19.1. The van der Waals surface area contributed by atoms with Crippen molar-refractivity contribution in [2.75, 3.05) is 9.80 Å². The highest BCUT2D eigenvalue weighted by molar-refractivity contribution is 6.24. The molecule has 0 atom stereocenters. The molecule has 0 aromatic heterocycles. The van der Waals surface area contributed by atoms with Gasteiger partial charge in [-0.15, -0.1) is 0 Å². The average molecular weight is 781 g/mol. The first-order chi connectivity index (χ1) is 30.2. The van der Waals surface area contributed by atoms with E-state index in [0.29, 0.717) is 0 Å². The van der Waals surface area contributed by atoms with E-state index in [0.717, 1.165) is 25.7 Å². The average Bonchev–Trinajstić information content (AvgIpc) is 3.59. The van der Waals surface area contributed by atoms with Crippen LogP contribution in [0.2, 0.25) is 0 Å². The van der Waals surface area contributed by atoms with E-state index in [2.05, 4.69) is 217 Å². The van der Waals surface area contributed by atoms with Crippen molar-refractivity contribution in [2.24, 2.45) is 0 Å². The van der Waals surface area contributed by atoms with Gasteiger partial charge in [-0.25, -0.2) is 0 Å². The molecule has 0 saturated carbocycles. The summed E-state index contributed by atoms with van der Waals surface area (Å²) < 4.78 is 0. The fourth-order valence-corrected chi connectivity index (χ4v) is 10.4. The normalized spacial score (nSPS) is 13.3. The van der Waals surface area contributed by atoms with Crippen LogP contribution in [0.4, 0.5) is 34.1 Å². The number of anilines is 6. The molecule has 0 saturated heterocycles. The molecule has 2 heterocycles. The Kier molecular flexibility index (Phi) is 8.38. The molecule has 0 fully saturated rings. The van der Waals surface area contributed by atoms with Gasteiger partial charge in [0, 0.05) is 34.1 Å². The Morgan fingerprint density at radius 1 is 0.328 bits per heavy atom. The number of rotatable bonds is 4. The van der Waals surface area contributed by atoms with E-state index in [1.165, 1.54) is 117 Å². The number of aryl methyl sites for hydroxylation is 5. The quantitative estimate of drug-likeness (QED) is 0.164. The van der Waals surface area contributed by atoms with Crippen LogP contribution in [0.25, 0.3) is 54.6 Å². The van der Waals surface area contributed by atoms with Crippen molar-refractivity contribution in [3.63, 3.8) is 0 Å². The molecule has 0 spiro atoms. The molecule has 0 N–H and O–H groups in total. The van der Waals surface area contributed by atoms with E-state index < -0.39 is 0 Å². The number of hydrogen-bond acceptors (Lipinski definition) is 2. The largest absolute Gasteiger partial charge is 0.310 e. The second kappa shape index (κ2) is 14.4. The lowest BCUT2D eigenvalue weighted by Gasteiger charge is -2.29. The fourth-order valence-electron chi connectivity index (χ4n) is 10.4. The van der Waals surface area contributed by atoms with Crippen LogP contribution >= 0.6 is 0 Å². The molecule has 0 unspecified atom stereocenters. The molecule has 2 nitrogen and oxygen atoms in total. The van der Waals surface area contributed by atoms with Crippen LogP contribution in [-0.4, -0.2) is 0 Å². The smallest absolute Gasteiger partial charge is 0.0493 e. The Hall–Kier alpha value is -7.42. The van der Waals surface area contributed by atoms with Gasteiger partial charge < -0.3 is 9.80 Å². The Balaban J connectivity index is 1.21. The van der Waals surface area contributed by atoms with Crippen molar-refractivity contribution < 1.29 is 0 Å². The fraction of sp³-hybridized carbons (Fsp3) is 0.0847. The molecule has 0 aliphatic carbocycles. The van der Waals surface area contributed by atoms with Crippen LogP contribution in [0, 0.1) is 6.92 Å². The Labute approximate surface area is 357 Å². The third kappa shape index (κ3) is 5.85. The summed E-state index contributed by atoms with van der Waals surface area (Å²) in [4.78, 5) is 5.02. The second-order valence-corrected chi connectivity index (χ2v) is 16.8. The molecule has 0 bridgehead atoms. The third-order valence-corrected chi connectivity index (χ3v) is 13.2. The third-order valence-electron chi connectivity index (χ3n) is 13.2. The summed E-state index contributed by atoms with van der Waals surface area (Å²) in [5, 5.41) is 7.48. The number of nitrogens with zero attached hydrogens (tertiary/aromatic N) is 2. The SMILES string of the molecule is Cc1cccc(-c2c3cc(N4c5ccccc5CCc5ccccc54)ccc3c(-c3cccc4ccccc34)c3cc(N4c5ccccc5CCc5ccccc54)ccc23)c1. The molecule has 10 aromatic rings. The number of para-hydroxylation sites is 4. The van der Waals surface area contributed by atoms with Gasteiger partial charge >= 0.3 is 0 Å². The molecule has 290 valence electrons. The summed E-state index contributed by atoms with van der Waals surface area (Å²) in [6, 6.07) is 75.2. The minimum atomic E-state index is 1.01. The summed E-state index contributed by atoms with van der Waals surface area (Å²) in [5.74, 6) is 0. The van der Waals surface area contributed by atoms with E-state index in [9.17, 15) is 0 Å². The molecule has 10 aromatic carbocycles. The van der Waals surface area contributed by atoms with Crippen molar-refractivity contribution in [1.29, 1.82) is 0 Å². The predicted molar refractivity (Wildman–Crippen MR) is 259 cm³/mol. The maximum atomic E-state index is 2.51. The predicted octanol–water partition coefficient (Wildman–Crippen LogP) is 15.9. The molecular weight excluding hydrogens is 737 g/mol. The molecule has 61 heavy (non-hydrogen) atoms. The van der Waals surface area contributed by atoms with Gasteiger partial charge in [-0.2, -0.15) is 0 Å². The summed E-state index contributed by atoms with van der Waals surface area (Å²) in [7, 11) is 0. The van der Waals surface area contributed by atoms with Gasteiger partial charge in [0.25, 0.3) is 0 Å². The molecule has 12 rings (SSSR count). The molecule has 2 heteroatoms. The van der Waals surface area contributed by atoms with Crippen LogP contribution in [0.5, 0.6) is 0 Å². The number of hydrogen-bond donors (Lipinski definition) is 0. The van der Waals surface area contributed by atoms with Gasteiger partial charge in [-0.3, -0.25) is 0 Å². The first-order valence-corrected chi connectivity index (χ1v) is 21.7. The van der Waals surface area contributed by atoms with Gasteiger partial charge in [0.05, 0.1) is 0 Å². The zero-order valence-corrected chi connectivity index (χ0v) is 34.3. The van der Waals surface area contributed by atoms with Crippen LogP contribution in [0.3, 0.4) is 0 Å². The highest BCUT2D eigenvalue weighted by Crippen LogP contribution is 2.51. The molecule has 2 aliphatic heterocycles. The Bertz CT molecular complexity index is 3260. The summed E-state index contributed by atoms with van der Waals surface area (Å²) in [6.07, 6.45) is 4.04. The van der Waals surface area contributed by atoms with E-state index in [4.69, 9.17) is 0 Å². The lowest BCUT2D eigenvalue weighted by molar-refractivity contribution is 0.977. The lowest BCUT2D eigenvalue weighted by Crippen LogP contribution is -2.12. The molecular formula is C59H44N2. The summed E-state index contributed by atoms with van der Waals surface area (Å²) in [6.45, 7) is 2.21. The first kappa shape index (κ1) is 35.5. The van der Waals surface area contributed by atoms with Crippen molar-refractivity contribution in [1.82, 2.24) is 0 Å². The zero-order chi connectivity index (χ0) is 40.4. The maximum Gasteiger partial charge on any atom is 0.0493 e. The van der Waals surface area contributed by atoms with E-state index >= 15 is 0 Å². The minimum Gasteiger partial charge on any atom is -0.310 e. The van der Waals surface area contributed by atoms with Crippen LogP contribution in [0.15, 0.2) is 200 Å². The van der Waals surface area contributed by atoms with Crippen molar-refractivity contribution in [3.05, 3.63) is 228 Å². The number of benzene rings is 10.